The predicted octanol–water partition coefficient (Wildman–Crippen LogP) is 0.239. The smallest absolute Gasteiger partial charge is 0.317 e. The molecule has 0 spiro atoms. The van der Waals surface area contributed by atoms with Gasteiger partial charge in [0.1, 0.15) is 6.07 Å². The molecule has 106 valence electrons. The molecule has 0 aliphatic carbocycles. The molecule has 2 N–H and O–H groups in total. The Kier molecular flexibility index (Phi) is 4.85. The van der Waals surface area contributed by atoms with Gasteiger partial charge in [0, 0.05) is 32.0 Å². The lowest BCUT2D eigenvalue weighted by Gasteiger charge is -2.33. The number of carbonyl (C=O) groups is 1. The molecule has 1 unspecified atom stereocenters. The van der Waals surface area contributed by atoms with Crippen molar-refractivity contribution in [3.8, 4) is 6.07 Å². The third-order valence-corrected chi connectivity index (χ3v) is 3.31. The van der Waals surface area contributed by atoms with Crippen LogP contribution in [0.3, 0.4) is 0 Å². The third kappa shape index (κ3) is 3.65. The fourth-order valence-corrected chi connectivity index (χ4v) is 2.45. The van der Waals surface area contributed by atoms with E-state index in [0.717, 1.165) is 25.9 Å². The summed E-state index contributed by atoms with van der Waals surface area (Å²) >= 11 is 0. The fraction of sp³-hybridized carbons (Fsp3) is 0.538. The Labute approximate surface area is 117 Å². The Balaban J connectivity index is 1.96. The van der Waals surface area contributed by atoms with Gasteiger partial charge in [0.15, 0.2) is 11.5 Å². The molecule has 2 rings (SSSR count). The molecule has 1 aromatic heterocycles. The summed E-state index contributed by atoms with van der Waals surface area (Å²) in [6, 6.07) is 2.06. The second kappa shape index (κ2) is 6.82. The van der Waals surface area contributed by atoms with Crippen molar-refractivity contribution < 1.29 is 9.90 Å². The van der Waals surface area contributed by atoms with Crippen molar-refractivity contribution in [2.45, 2.75) is 12.8 Å². The highest BCUT2D eigenvalue weighted by Gasteiger charge is 2.23. The van der Waals surface area contributed by atoms with Gasteiger partial charge in [0.05, 0.1) is 6.54 Å². The van der Waals surface area contributed by atoms with Crippen LogP contribution in [0.15, 0.2) is 12.4 Å². The maximum absolute atomic E-state index is 10.5. The molecule has 0 aromatic carbocycles. The fourth-order valence-electron chi connectivity index (χ4n) is 2.45. The number of anilines is 1. The van der Waals surface area contributed by atoms with Gasteiger partial charge < -0.3 is 15.3 Å². The Morgan fingerprint density at radius 2 is 2.35 bits per heavy atom. The van der Waals surface area contributed by atoms with Crippen LogP contribution in [0.4, 0.5) is 5.82 Å². The lowest BCUT2D eigenvalue weighted by atomic mass is 9.98. The zero-order valence-electron chi connectivity index (χ0n) is 11.1. The van der Waals surface area contributed by atoms with Crippen LogP contribution in [0, 0.1) is 17.2 Å². The summed E-state index contributed by atoms with van der Waals surface area (Å²) in [7, 11) is 0. The van der Waals surface area contributed by atoms with Gasteiger partial charge >= 0.3 is 5.97 Å². The van der Waals surface area contributed by atoms with Crippen molar-refractivity contribution in [1.29, 1.82) is 5.26 Å². The molecule has 1 aliphatic heterocycles. The quantitative estimate of drug-likeness (QED) is 0.793. The number of hydrogen-bond acceptors (Lipinski definition) is 6. The topological polar surface area (TPSA) is 102 Å². The van der Waals surface area contributed by atoms with Crippen LogP contribution in [0.25, 0.3) is 0 Å². The largest absolute Gasteiger partial charge is 0.480 e. The van der Waals surface area contributed by atoms with E-state index < -0.39 is 5.97 Å². The van der Waals surface area contributed by atoms with Crippen molar-refractivity contribution in [3.63, 3.8) is 0 Å². The van der Waals surface area contributed by atoms with E-state index in [9.17, 15) is 4.79 Å². The molecule has 0 saturated carbocycles. The monoisotopic (exact) mass is 275 g/mol. The summed E-state index contributed by atoms with van der Waals surface area (Å²) in [6.45, 7) is 2.25. The lowest BCUT2D eigenvalue weighted by Crippen LogP contribution is -2.41. The number of aliphatic carboxylic acids is 1. The number of nitriles is 1. The molecule has 1 saturated heterocycles. The summed E-state index contributed by atoms with van der Waals surface area (Å²) < 4.78 is 0. The van der Waals surface area contributed by atoms with E-state index in [2.05, 4.69) is 26.3 Å². The Bertz CT molecular complexity index is 514. The Hall–Kier alpha value is -2.20. The molecule has 0 radical (unpaired) electrons. The van der Waals surface area contributed by atoms with Crippen LogP contribution < -0.4 is 10.2 Å². The molecule has 20 heavy (non-hydrogen) atoms. The number of aromatic nitrogens is 2. The number of rotatable bonds is 5. The summed E-state index contributed by atoms with van der Waals surface area (Å²) in [5.74, 6) is 0.132. The molecule has 2 heterocycles. The number of carboxylic acids is 1. The molecule has 0 bridgehead atoms. The number of nitrogens with one attached hydrogen (secondary N) is 1. The van der Waals surface area contributed by atoms with Gasteiger partial charge in [0.25, 0.3) is 0 Å². The molecular formula is C13H17N5O2. The molecule has 7 nitrogen and oxygen atoms in total. The minimum Gasteiger partial charge on any atom is -0.480 e. The SMILES string of the molecule is N#Cc1nccnc1N1CCCC(CNCC(=O)O)C1. The standard InChI is InChI=1S/C13H17N5O2/c14-6-11-13(17-4-3-16-11)18-5-1-2-10(9-18)7-15-8-12(19)20/h3-4,10,15H,1-2,5,7-9H2,(H,19,20). The third-order valence-electron chi connectivity index (χ3n) is 3.31. The molecule has 1 atom stereocenters. The number of carboxylic acid groups (broad SMARTS) is 1. The second-order valence-electron chi connectivity index (χ2n) is 4.82. The van der Waals surface area contributed by atoms with Gasteiger partial charge in [-0.2, -0.15) is 5.26 Å². The van der Waals surface area contributed by atoms with Crippen LogP contribution in [-0.4, -0.2) is 47.2 Å². The van der Waals surface area contributed by atoms with Gasteiger partial charge in [-0.25, -0.2) is 9.97 Å². The summed E-state index contributed by atoms with van der Waals surface area (Å²) in [5.41, 5.74) is 0.339. The zero-order chi connectivity index (χ0) is 14.4. The van der Waals surface area contributed by atoms with Crippen LogP contribution in [-0.2, 0) is 4.79 Å². The first-order valence-corrected chi connectivity index (χ1v) is 6.59. The number of hydrogen-bond donors (Lipinski definition) is 2. The van der Waals surface area contributed by atoms with Gasteiger partial charge in [-0.1, -0.05) is 0 Å². The number of piperidine rings is 1. The highest BCUT2D eigenvalue weighted by molar-refractivity contribution is 5.68. The maximum atomic E-state index is 10.5. The first-order chi connectivity index (χ1) is 9.70. The van der Waals surface area contributed by atoms with E-state index >= 15 is 0 Å². The molecule has 7 heteroatoms. The van der Waals surface area contributed by atoms with E-state index in [1.54, 1.807) is 6.20 Å². The second-order valence-corrected chi connectivity index (χ2v) is 4.82. The predicted molar refractivity (Wildman–Crippen MR) is 72.2 cm³/mol. The summed E-state index contributed by atoms with van der Waals surface area (Å²) in [4.78, 5) is 20.8. The Morgan fingerprint density at radius 3 is 3.10 bits per heavy atom. The van der Waals surface area contributed by atoms with E-state index in [-0.39, 0.29) is 6.54 Å². The van der Waals surface area contributed by atoms with Crippen molar-refractivity contribution in [3.05, 3.63) is 18.1 Å². The highest BCUT2D eigenvalue weighted by atomic mass is 16.4. The minimum absolute atomic E-state index is 0.0227. The molecule has 1 aromatic rings. The van der Waals surface area contributed by atoms with Gasteiger partial charge in [-0.05, 0) is 18.8 Å². The van der Waals surface area contributed by atoms with Crippen LogP contribution in [0.1, 0.15) is 18.5 Å². The molecule has 0 amide bonds. The Morgan fingerprint density at radius 1 is 1.55 bits per heavy atom. The van der Waals surface area contributed by atoms with E-state index in [4.69, 9.17) is 10.4 Å². The van der Waals surface area contributed by atoms with Crippen LogP contribution >= 0.6 is 0 Å². The minimum atomic E-state index is -0.849. The van der Waals surface area contributed by atoms with Gasteiger partial charge in [-0.15, -0.1) is 0 Å². The molecule has 1 fully saturated rings. The first-order valence-electron chi connectivity index (χ1n) is 6.59. The van der Waals surface area contributed by atoms with Crippen LogP contribution in [0.5, 0.6) is 0 Å². The maximum Gasteiger partial charge on any atom is 0.317 e. The molecular weight excluding hydrogens is 258 g/mol. The summed E-state index contributed by atoms with van der Waals surface area (Å²) in [5, 5.41) is 20.6. The molecule has 1 aliphatic rings. The average Bonchev–Trinajstić information content (AvgIpc) is 2.47. The van der Waals surface area contributed by atoms with Crippen LogP contribution in [0.2, 0.25) is 0 Å². The van der Waals surface area contributed by atoms with Gasteiger partial charge in [0.2, 0.25) is 0 Å². The lowest BCUT2D eigenvalue weighted by molar-refractivity contribution is -0.136. The average molecular weight is 275 g/mol. The normalized spacial score (nSPS) is 18.6. The van der Waals surface area contributed by atoms with Crippen molar-refractivity contribution in [2.24, 2.45) is 5.92 Å². The van der Waals surface area contributed by atoms with Crippen molar-refractivity contribution in [2.75, 3.05) is 31.1 Å². The first kappa shape index (κ1) is 14.2. The van der Waals surface area contributed by atoms with E-state index in [1.165, 1.54) is 6.20 Å². The van der Waals surface area contributed by atoms with Crippen molar-refractivity contribution in [1.82, 2.24) is 15.3 Å². The van der Waals surface area contributed by atoms with Gasteiger partial charge in [-0.3, -0.25) is 4.79 Å². The van der Waals surface area contributed by atoms with Crippen molar-refractivity contribution >= 4 is 11.8 Å². The zero-order valence-corrected chi connectivity index (χ0v) is 11.1. The summed E-state index contributed by atoms with van der Waals surface area (Å²) in [6.07, 6.45) is 5.15. The highest BCUT2D eigenvalue weighted by Crippen LogP contribution is 2.22. The number of nitrogens with zero attached hydrogens (tertiary/aromatic N) is 4. The van der Waals surface area contributed by atoms with E-state index in [1.807, 2.05) is 0 Å². The van der Waals surface area contributed by atoms with E-state index in [0.29, 0.717) is 24.0 Å².